The number of benzene rings is 2. The van der Waals surface area contributed by atoms with Crippen LogP contribution in [0.4, 0.5) is 5.69 Å². The van der Waals surface area contributed by atoms with E-state index in [4.69, 9.17) is 0 Å². The first-order chi connectivity index (χ1) is 12.9. The van der Waals surface area contributed by atoms with Crippen LogP contribution in [0.15, 0.2) is 48.5 Å². The number of hydrogen-bond acceptors (Lipinski definition) is 5. The summed E-state index contributed by atoms with van der Waals surface area (Å²) in [6.07, 6.45) is -0.410. The van der Waals surface area contributed by atoms with Crippen molar-refractivity contribution in [2.24, 2.45) is 0 Å². The first-order valence-electron chi connectivity index (χ1n) is 8.63. The fourth-order valence-electron chi connectivity index (χ4n) is 3.56. The smallest absolute Gasteiger partial charge is 0.261 e. The van der Waals surface area contributed by atoms with Gasteiger partial charge in [0.05, 0.1) is 28.7 Å². The number of carbonyl (C=O) groups is 2. The summed E-state index contributed by atoms with van der Waals surface area (Å²) < 4.78 is 27.0. The van der Waals surface area contributed by atoms with Gasteiger partial charge in [0.1, 0.15) is 0 Å². The van der Waals surface area contributed by atoms with Crippen molar-refractivity contribution in [3.05, 3.63) is 65.2 Å². The number of amides is 2. The third kappa shape index (κ3) is 2.90. The molecule has 1 atom stereocenters. The van der Waals surface area contributed by atoms with Crippen molar-refractivity contribution in [3.63, 3.8) is 0 Å². The molecule has 0 spiro atoms. The van der Waals surface area contributed by atoms with Crippen molar-refractivity contribution >= 4 is 27.5 Å². The number of aliphatic hydroxyl groups excluding tert-OH is 1. The molecule has 2 aromatic carbocycles. The Bertz CT molecular complexity index is 999. The maximum Gasteiger partial charge on any atom is 0.261 e. The minimum atomic E-state index is -3.77. The highest BCUT2D eigenvalue weighted by atomic mass is 32.2. The van der Waals surface area contributed by atoms with Gasteiger partial charge in [0, 0.05) is 18.7 Å². The second-order valence-electron chi connectivity index (χ2n) is 6.56. The number of para-hydroxylation sites is 1. The number of aliphatic hydroxyl groups is 1. The van der Waals surface area contributed by atoms with Gasteiger partial charge in [-0.1, -0.05) is 30.3 Å². The largest absolute Gasteiger partial charge is 0.388 e. The van der Waals surface area contributed by atoms with Gasteiger partial charge in [0.15, 0.2) is 0 Å². The van der Waals surface area contributed by atoms with E-state index in [1.807, 2.05) is 0 Å². The summed E-state index contributed by atoms with van der Waals surface area (Å²) in [6.45, 7) is -0.0570. The molecule has 0 aliphatic carbocycles. The van der Waals surface area contributed by atoms with Gasteiger partial charge in [0.2, 0.25) is 10.0 Å². The number of rotatable bonds is 4. The number of fused-ring (bicyclic) bond motifs is 2. The number of imide groups is 1. The Labute approximate surface area is 156 Å². The molecule has 0 fully saturated rings. The maximum atomic E-state index is 12.9. The lowest BCUT2D eigenvalue weighted by Crippen LogP contribution is -2.42. The molecule has 0 bridgehead atoms. The van der Waals surface area contributed by atoms with Gasteiger partial charge in [0.25, 0.3) is 11.8 Å². The topological polar surface area (TPSA) is 95.0 Å². The molecule has 2 aliphatic rings. The summed E-state index contributed by atoms with van der Waals surface area (Å²) in [5, 5.41) is 10.1. The van der Waals surface area contributed by atoms with Crippen LogP contribution in [0.25, 0.3) is 0 Å². The van der Waals surface area contributed by atoms with E-state index in [1.54, 1.807) is 48.5 Å². The van der Waals surface area contributed by atoms with E-state index < -0.39 is 27.9 Å². The van der Waals surface area contributed by atoms with Crippen LogP contribution in [0.1, 0.15) is 38.8 Å². The number of anilines is 1. The van der Waals surface area contributed by atoms with Gasteiger partial charge in [-0.15, -0.1) is 0 Å². The molecule has 1 N–H and O–H groups in total. The minimum Gasteiger partial charge on any atom is -0.388 e. The van der Waals surface area contributed by atoms with Crippen molar-refractivity contribution in [3.8, 4) is 0 Å². The Kier molecular flexibility index (Phi) is 4.24. The monoisotopic (exact) mass is 386 g/mol. The molecule has 2 aromatic rings. The molecule has 0 saturated carbocycles. The van der Waals surface area contributed by atoms with Gasteiger partial charge < -0.3 is 5.11 Å². The first kappa shape index (κ1) is 17.7. The standard InChI is InChI=1S/C19H18N2O5S/c22-17-9-10-21(16-8-4-3-7-15(16)17)27(25,26)12-11-20-18(23)13-5-1-2-6-14(13)19(20)24/h1-8,17,22H,9-12H2. The SMILES string of the molecule is O=C1c2ccccc2C(=O)N1CCS(=O)(=O)N1CCC(O)c2ccccc21. The van der Waals surface area contributed by atoms with Crippen molar-refractivity contribution in [1.82, 2.24) is 4.90 Å². The van der Waals surface area contributed by atoms with Crippen LogP contribution in [-0.2, 0) is 10.0 Å². The molecule has 2 amide bonds. The average Bonchev–Trinajstić information content (AvgIpc) is 2.91. The fourth-order valence-corrected chi connectivity index (χ4v) is 5.04. The summed E-state index contributed by atoms with van der Waals surface area (Å²) in [7, 11) is -3.77. The lowest BCUT2D eigenvalue weighted by atomic mass is 10.0. The van der Waals surface area contributed by atoms with E-state index in [0.29, 0.717) is 28.8 Å². The molecule has 4 rings (SSSR count). The average molecular weight is 386 g/mol. The Morgan fingerprint density at radius 1 is 0.963 bits per heavy atom. The Hall–Kier alpha value is -2.71. The molecule has 2 aliphatic heterocycles. The van der Waals surface area contributed by atoms with Crippen LogP contribution >= 0.6 is 0 Å². The minimum absolute atomic E-state index is 0.155. The van der Waals surface area contributed by atoms with Crippen LogP contribution in [0, 0.1) is 0 Å². The zero-order chi connectivity index (χ0) is 19.2. The van der Waals surface area contributed by atoms with E-state index in [9.17, 15) is 23.1 Å². The van der Waals surface area contributed by atoms with E-state index in [0.717, 1.165) is 4.90 Å². The molecule has 2 heterocycles. The molecule has 140 valence electrons. The Morgan fingerprint density at radius 2 is 1.56 bits per heavy atom. The molecular formula is C19H18N2O5S. The molecule has 1 unspecified atom stereocenters. The summed E-state index contributed by atoms with van der Waals surface area (Å²) in [5.41, 5.74) is 1.60. The van der Waals surface area contributed by atoms with E-state index in [-0.39, 0.29) is 18.8 Å². The van der Waals surface area contributed by atoms with E-state index >= 15 is 0 Å². The molecule has 7 nitrogen and oxygen atoms in total. The fraction of sp³-hybridized carbons (Fsp3) is 0.263. The summed E-state index contributed by atoms with van der Waals surface area (Å²) in [4.78, 5) is 25.8. The number of hydrogen-bond donors (Lipinski definition) is 1. The zero-order valence-corrected chi connectivity index (χ0v) is 15.2. The number of sulfonamides is 1. The van der Waals surface area contributed by atoms with Crippen LogP contribution in [0.3, 0.4) is 0 Å². The highest BCUT2D eigenvalue weighted by molar-refractivity contribution is 7.92. The normalized spacial score (nSPS) is 19.2. The van der Waals surface area contributed by atoms with Crippen LogP contribution in [0.5, 0.6) is 0 Å². The predicted octanol–water partition coefficient (Wildman–Crippen LogP) is 1.56. The first-order valence-corrected chi connectivity index (χ1v) is 10.2. The van der Waals surface area contributed by atoms with E-state index in [2.05, 4.69) is 0 Å². The van der Waals surface area contributed by atoms with Crippen LogP contribution in [0.2, 0.25) is 0 Å². The lowest BCUT2D eigenvalue weighted by Gasteiger charge is -2.33. The van der Waals surface area contributed by atoms with Gasteiger partial charge in [-0.3, -0.25) is 18.8 Å². The maximum absolute atomic E-state index is 12.9. The zero-order valence-electron chi connectivity index (χ0n) is 14.4. The predicted molar refractivity (Wildman–Crippen MR) is 99.0 cm³/mol. The van der Waals surface area contributed by atoms with Crippen molar-refractivity contribution < 1.29 is 23.1 Å². The van der Waals surface area contributed by atoms with Crippen molar-refractivity contribution in [2.75, 3.05) is 23.1 Å². The van der Waals surface area contributed by atoms with Gasteiger partial charge in [-0.25, -0.2) is 8.42 Å². The highest BCUT2D eigenvalue weighted by Crippen LogP contribution is 2.35. The van der Waals surface area contributed by atoms with Crippen molar-refractivity contribution in [1.29, 1.82) is 0 Å². The Morgan fingerprint density at radius 3 is 2.22 bits per heavy atom. The number of nitrogens with zero attached hydrogens (tertiary/aromatic N) is 2. The second kappa shape index (κ2) is 6.47. The third-order valence-corrected chi connectivity index (χ3v) is 6.71. The lowest BCUT2D eigenvalue weighted by molar-refractivity contribution is 0.0664. The molecule has 0 radical (unpaired) electrons. The molecule has 27 heavy (non-hydrogen) atoms. The summed E-state index contributed by atoms with van der Waals surface area (Å²) >= 11 is 0. The van der Waals surface area contributed by atoms with E-state index in [1.165, 1.54) is 4.31 Å². The van der Waals surface area contributed by atoms with Gasteiger partial charge in [-0.05, 0) is 24.6 Å². The van der Waals surface area contributed by atoms with Gasteiger partial charge >= 0.3 is 0 Å². The van der Waals surface area contributed by atoms with Crippen molar-refractivity contribution in [2.45, 2.75) is 12.5 Å². The molecule has 8 heteroatoms. The third-order valence-electron chi connectivity index (χ3n) is 4.96. The Balaban J connectivity index is 1.55. The molecule has 0 saturated heterocycles. The van der Waals surface area contributed by atoms with Crippen LogP contribution < -0.4 is 4.31 Å². The van der Waals surface area contributed by atoms with Gasteiger partial charge in [-0.2, -0.15) is 0 Å². The van der Waals surface area contributed by atoms with Crippen LogP contribution in [-0.4, -0.2) is 49.1 Å². The molecule has 0 aromatic heterocycles. The second-order valence-corrected chi connectivity index (χ2v) is 8.57. The summed E-state index contributed by atoms with van der Waals surface area (Å²) in [5.74, 6) is -1.32. The number of carbonyl (C=O) groups excluding carboxylic acids is 2. The summed E-state index contributed by atoms with van der Waals surface area (Å²) in [6, 6.07) is 13.3. The quantitative estimate of drug-likeness (QED) is 0.805. The molecular weight excluding hydrogens is 368 g/mol. The highest BCUT2D eigenvalue weighted by Gasteiger charge is 2.37.